The standard InChI is InChI=1S/C13H11F4IO3/c1-2-7(19)20-5-3-4-6-21-13-10(16)8(14)12(18)9(15)11(13)17/h2H,1,3-6H2. The average Bonchev–Trinajstić information content (AvgIpc) is 2.49. The van der Waals surface area contributed by atoms with E-state index in [1.807, 2.05) is 0 Å². The molecule has 0 heterocycles. The van der Waals surface area contributed by atoms with Crippen molar-refractivity contribution in [1.82, 2.24) is 0 Å². The molecule has 0 bridgehead atoms. The lowest BCUT2D eigenvalue weighted by Gasteiger charge is -2.10. The summed E-state index contributed by atoms with van der Waals surface area (Å²) < 4.78 is 62.0. The predicted octanol–water partition coefficient (Wildman–Crippen LogP) is 3.74. The molecule has 8 heteroatoms. The lowest BCUT2D eigenvalue weighted by atomic mass is 10.3. The summed E-state index contributed by atoms with van der Waals surface area (Å²) in [6, 6.07) is 0. The van der Waals surface area contributed by atoms with Gasteiger partial charge in [0, 0.05) is 6.08 Å². The SMILES string of the molecule is C=CC(=O)OCCCCOc1c(F)c(F)c(I)c(F)c1F. The summed E-state index contributed by atoms with van der Waals surface area (Å²) in [5.74, 6) is -7.81. The third-order valence-corrected chi connectivity index (χ3v) is 3.31. The van der Waals surface area contributed by atoms with Gasteiger partial charge in [-0.25, -0.2) is 13.6 Å². The number of halogens is 5. The molecule has 21 heavy (non-hydrogen) atoms. The van der Waals surface area contributed by atoms with E-state index in [-0.39, 0.29) is 19.6 Å². The summed E-state index contributed by atoms with van der Waals surface area (Å²) in [4.78, 5) is 10.7. The van der Waals surface area contributed by atoms with Gasteiger partial charge in [0.05, 0.1) is 16.8 Å². The van der Waals surface area contributed by atoms with E-state index in [0.29, 0.717) is 6.42 Å². The van der Waals surface area contributed by atoms with Gasteiger partial charge < -0.3 is 9.47 Å². The molecule has 1 aromatic rings. The zero-order valence-corrected chi connectivity index (χ0v) is 12.9. The maximum absolute atomic E-state index is 13.4. The molecule has 0 radical (unpaired) electrons. The Morgan fingerprint density at radius 3 is 2.10 bits per heavy atom. The van der Waals surface area contributed by atoms with E-state index in [4.69, 9.17) is 4.74 Å². The predicted molar refractivity (Wildman–Crippen MR) is 74.9 cm³/mol. The van der Waals surface area contributed by atoms with Crippen molar-refractivity contribution in [2.24, 2.45) is 0 Å². The Kier molecular flexibility index (Phi) is 6.93. The Labute approximate surface area is 132 Å². The molecule has 0 atom stereocenters. The van der Waals surface area contributed by atoms with Crippen LogP contribution in [0, 0.1) is 26.8 Å². The smallest absolute Gasteiger partial charge is 0.330 e. The number of hydrogen-bond acceptors (Lipinski definition) is 3. The van der Waals surface area contributed by atoms with Crippen LogP contribution in [0.5, 0.6) is 5.75 Å². The minimum Gasteiger partial charge on any atom is -0.487 e. The number of rotatable bonds is 7. The average molecular weight is 418 g/mol. The van der Waals surface area contributed by atoms with Gasteiger partial charge in [-0.1, -0.05) is 6.58 Å². The molecular formula is C13H11F4IO3. The first-order valence-corrected chi connectivity index (χ1v) is 6.91. The number of hydrogen-bond donors (Lipinski definition) is 0. The minimum absolute atomic E-state index is 0.0780. The van der Waals surface area contributed by atoms with Gasteiger partial charge in [0.2, 0.25) is 11.6 Å². The normalized spacial score (nSPS) is 10.3. The zero-order valence-electron chi connectivity index (χ0n) is 10.7. The summed E-state index contributed by atoms with van der Waals surface area (Å²) in [6.45, 7) is 3.10. The van der Waals surface area contributed by atoms with Crippen molar-refractivity contribution in [3.63, 3.8) is 0 Å². The molecule has 0 N–H and O–H groups in total. The maximum atomic E-state index is 13.4. The number of esters is 1. The van der Waals surface area contributed by atoms with Gasteiger partial charge in [-0.05, 0) is 35.4 Å². The highest BCUT2D eigenvalue weighted by Gasteiger charge is 2.25. The van der Waals surface area contributed by atoms with Crippen molar-refractivity contribution in [1.29, 1.82) is 0 Å². The fourth-order valence-corrected chi connectivity index (χ4v) is 1.80. The molecule has 0 fully saturated rings. The number of carbonyl (C=O) groups excluding carboxylic acids is 1. The highest BCUT2D eigenvalue weighted by atomic mass is 127. The Morgan fingerprint density at radius 1 is 1.05 bits per heavy atom. The van der Waals surface area contributed by atoms with Gasteiger partial charge in [0.15, 0.2) is 17.4 Å². The van der Waals surface area contributed by atoms with Crippen molar-refractivity contribution in [2.75, 3.05) is 13.2 Å². The molecule has 0 amide bonds. The van der Waals surface area contributed by atoms with Crippen LogP contribution in [-0.2, 0) is 9.53 Å². The summed E-state index contributed by atoms with van der Waals surface area (Å²) in [6.07, 6.45) is 1.63. The van der Waals surface area contributed by atoms with E-state index < -0.39 is 38.6 Å². The summed E-state index contributed by atoms with van der Waals surface area (Å²) in [5, 5.41) is 0. The van der Waals surface area contributed by atoms with Crippen molar-refractivity contribution in [3.05, 3.63) is 39.5 Å². The van der Waals surface area contributed by atoms with Gasteiger partial charge in [-0.15, -0.1) is 0 Å². The third kappa shape index (κ3) is 4.58. The topological polar surface area (TPSA) is 35.5 Å². The summed E-state index contributed by atoms with van der Waals surface area (Å²) >= 11 is 1.16. The number of ether oxygens (including phenoxy) is 2. The Bertz CT molecular complexity index is 520. The maximum Gasteiger partial charge on any atom is 0.330 e. The molecule has 0 spiro atoms. The van der Waals surface area contributed by atoms with Crippen molar-refractivity contribution in [2.45, 2.75) is 12.8 Å². The fourth-order valence-electron chi connectivity index (χ4n) is 1.32. The molecule has 0 aliphatic heterocycles. The second kappa shape index (κ2) is 8.20. The lowest BCUT2D eigenvalue weighted by Crippen LogP contribution is -2.08. The second-order valence-corrected chi connectivity index (χ2v) is 4.90. The molecule has 1 aromatic carbocycles. The van der Waals surface area contributed by atoms with E-state index in [0.717, 1.165) is 28.7 Å². The molecule has 1 rings (SSSR count). The molecule has 116 valence electrons. The summed E-state index contributed by atoms with van der Waals surface area (Å²) in [7, 11) is 0. The second-order valence-electron chi connectivity index (χ2n) is 3.83. The van der Waals surface area contributed by atoms with Crippen LogP contribution in [0.2, 0.25) is 0 Å². The molecular weight excluding hydrogens is 407 g/mol. The Morgan fingerprint density at radius 2 is 1.57 bits per heavy atom. The third-order valence-electron chi connectivity index (χ3n) is 2.37. The van der Waals surface area contributed by atoms with Crippen LogP contribution in [0.4, 0.5) is 17.6 Å². The van der Waals surface area contributed by atoms with E-state index in [9.17, 15) is 22.4 Å². The molecule has 0 aliphatic rings. The largest absolute Gasteiger partial charge is 0.487 e. The quantitative estimate of drug-likeness (QED) is 0.129. The molecule has 0 saturated heterocycles. The van der Waals surface area contributed by atoms with Crippen LogP contribution in [-0.4, -0.2) is 19.2 Å². The van der Waals surface area contributed by atoms with E-state index in [2.05, 4.69) is 11.3 Å². The first-order valence-electron chi connectivity index (χ1n) is 5.83. The van der Waals surface area contributed by atoms with Crippen molar-refractivity contribution in [3.8, 4) is 5.75 Å². The van der Waals surface area contributed by atoms with E-state index in [1.54, 1.807) is 0 Å². The highest BCUT2D eigenvalue weighted by Crippen LogP contribution is 2.30. The molecule has 3 nitrogen and oxygen atoms in total. The highest BCUT2D eigenvalue weighted by molar-refractivity contribution is 14.1. The van der Waals surface area contributed by atoms with Gasteiger partial charge >= 0.3 is 5.97 Å². The van der Waals surface area contributed by atoms with E-state index in [1.165, 1.54) is 0 Å². The van der Waals surface area contributed by atoms with Crippen LogP contribution in [0.25, 0.3) is 0 Å². The van der Waals surface area contributed by atoms with Crippen LogP contribution in [0.15, 0.2) is 12.7 Å². The fraction of sp³-hybridized carbons (Fsp3) is 0.308. The number of benzene rings is 1. The number of carbonyl (C=O) groups is 1. The zero-order chi connectivity index (χ0) is 16.0. The molecule has 0 aromatic heterocycles. The van der Waals surface area contributed by atoms with Crippen LogP contribution in [0.1, 0.15) is 12.8 Å². The van der Waals surface area contributed by atoms with E-state index >= 15 is 0 Å². The minimum atomic E-state index is -1.57. The Balaban J connectivity index is 2.53. The van der Waals surface area contributed by atoms with Gasteiger partial charge in [0.1, 0.15) is 0 Å². The van der Waals surface area contributed by atoms with Crippen molar-refractivity contribution >= 4 is 28.6 Å². The number of unbranched alkanes of at least 4 members (excludes halogenated alkanes) is 1. The lowest BCUT2D eigenvalue weighted by molar-refractivity contribution is -0.137. The first kappa shape index (κ1) is 17.7. The Hall–Kier alpha value is -1.32. The molecule has 0 unspecified atom stereocenters. The molecule has 0 aliphatic carbocycles. The van der Waals surface area contributed by atoms with Crippen molar-refractivity contribution < 1.29 is 31.8 Å². The molecule has 0 saturated carbocycles. The summed E-state index contributed by atoms with van der Waals surface area (Å²) in [5.41, 5.74) is 0. The van der Waals surface area contributed by atoms with Crippen LogP contribution in [0.3, 0.4) is 0 Å². The van der Waals surface area contributed by atoms with Gasteiger partial charge in [-0.3, -0.25) is 0 Å². The van der Waals surface area contributed by atoms with Gasteiger partial charge in [0.25, 0.3) is 0 Å². The monoisotopic (exact) mass is 418 g/mol. The van der Waals surface area contributed by atoms with Crippen LogP contribution < -0.4 is 4.74 Å². The van der Waals surface area contributed by atoms with Crippen LogP contribution >= 0.6 is 22.6 Å². The van der Waals surface area contributed by atoms with Gasteiger partial charge in [-0.2, -0.15) is 8.78 Å². The first-order chi connectivity index (χ1) is 9.90.